The van der Waals surface area contributed by atoms with Gasteiger partial charge in [0.2, 0.25) is 0 Å². The zero-order valence-corrected chi connectivity index (χ0v) is 16.3. The molecule has 2 saturated heterocycles. The van der Waals surface area contributed by atoms with Crippen molar-refractivity contribution in [2.24, 2.45) is 0 Å². The first-order chi connectivity index (χ1) is 13.2. The van der Waals surface area contributed by atoms with E-state index in [1.807, 2.05) is 34.5 Å². The van der Waals surface area contributed by atoms with E-state index in [9.17, 15) is 9.18 Å². The second-order valence-electron chi connectivity index (χ2n) is 7.35. The average Bonchev–Trinajstić information content (AvgIpc) is 3.13. The van der Waals surface area contributed by atoms with Crippen LogP contribution >= 0.6 is 11.3 Å². The predicted molar refractivity (Wildman–Crippen MR) is 108 cm³/mol. The number of hydrogen-bond donors (Lipinski definition) is 0. The van der Waals surface area contributed by atoms with Crippen molar-refractivity contribution in [2.75, 3.05) is 44.2 Å². The predicted octanol–water partition coefficient (Wildman–Crippen LogP) is 3.70. The zero-order chi connectivity index (χ0) is 18.6. The molecule has 4 rings (SSSR count). The fraction of sp³-hybridized carbons (Fsp3) is 0.476. The number of anilines is 1. The molecule has 0 unspecified atom stereocenters. The van der Waals surface area contributed by atoms with Crippen LogP contribution in [0.5, 0.6) is 0 Å². The van der Waals surface area contributed by atoms with E-state index in [-0.39, 0.29) is 11.7 Å². The zero-order valence-electron chi connectivity index (χ0n) is 15.5. The number of benzene rings is 1. The van der Waals surface area contributed by atoms with Crippen molar-refractivity contribution in [3.63, 3.8) is 0 Å². The Kier molecular flexibility index (Phi) is 5.74. The molecule has 1 amide bonds. The van der Waals surface area contributed by atoms with Gasteiger partial charge in [0.25, 0.3) is 5.91 Å². The summed E-state index contributed by atoms with van der Waals surface area (Å²) in [6.45, 7) is 5.80. The Morgan fingerprint density at radius 2 is 1.74 bits per heavy atom. The van der Waals surface area contributed by atoms with Crippen LogP contribution in [-0.2, 0) is 0 Å². The van der Waals surface area contributed by atoms with Crippen LogP contribution in [0.1, 0.15) is 28.9 Å². The Bertz CT molecular complexity index is 741. The maximum absolute atomic E-state index is 13.2. The summed E-state index contributed by atoms with van der Waals surface area (Å²) in [5, 5.41) is 1.96. The lowest BCUT2D eigenvalue weighted by Gasteiger charge is -2.38. The molecule has 6 heteroatoms. The van der Waals surface area contributed by atoms with Gasteiger partial charge in [0.15, 0.2) is 0 Å². The van der Waals surface area contributed by atoms with Gasteiger partial charge >= 0.3 is 0 Å². The van der Waals surface area contributed by atoms with E-state index in [0.717, 1.165) is 69.1 Å². The number of thiophene rings is 1. The highest BCUT2D eigenvalue weighted by atomic mass is 32.1. The second-order valence-corrected chi connectivity index (χ2v) is 8.30. The van der Waals surface area contributed by atoms with Crippen LogP contribution in [0.15, 0.2) is 41.8 Å². The van der Waals surface area contributed by atoms with Gasteiger partial charge in [-0.1, -0.05) is 6.07 Å². The van der Waals surface area contributed by atoms with E-state index >= 15 is 0 Å². The van der Waals surface area contributed by atoms with E-state index < -0.39 is 0 Å². The van der Waals surface area contributed by atoms with Gasteiger partial charge in [-0.05, 0) is 55.0 Å². The van der Waals surface area contributed by atoms with Gasteiger partial charge in [-0.2, -0.15) is 0 Å². The van der Waals surface area contributed by atoms with Crippen molar-refractivity contribution in [1.29, 1.82) is 0 Å². The normalized spacial score (nSPS) is 19.9. The molecule has 0 aliphatic carbocycles. The summed E-state index contributed by atoms with van der Waals surface area (Å²) in [5.41, 5.74) is 1.11. The maximum Gasteiger partial charge on any atom is 0.263 e. The number of carbonyl (C=O) groups excluding carboxylic acids is 1. The fourth-order valence-corrected chi connectivity index (χ4v) is 4.89. The molecule has 3 heterocycles. The second kappa shape index (κ2) is 8.40. The fourth-order valence-electron chi connectivity index (χ4n) is 4.20. The van der Waals surface area contributed by atoms with Gasteiger partial charge in [0.05, 0.1) is 4.88 Å². The summed E-state index contributed by atoms with van der Waals surface area (Å²) >= 11 is 1.52. The van der Waals surface area contributed by atoms with Gasteiger partial charge < -0.3 is 9.80 Å². The summed E-state index contributed by atoms with van der Waals surface area (Å²) < 4.78 is 13.2. The molecule has 2 aromatic rings. The van der Waals surface area contributed by atoms with Crippen molar-refractivity contribution in [2.45, 2.75) is 25.3 Å². The summed E-state index contributed by atoms with van der Waals surface area (Å²) in [7, 11) is 0. The number of rotatable bonds is 3. The number of halogens is 1. The van der Waals surface area contributed by atoms with Crippen LogP contribution in [0.2, 0.25) is 0 Å². The van der Waals surface area contributed by atoms with E-state index in [4.69, 9.17) is 0 Å². The van der Waals surface area contributed by atoms with Gasteiger partial charge in [0, 0.05) is 51.0 Å². The van der Waals surface area contributed by atoms with Crippen LogP contribution in [-0.4, -0.2) is 61.0 Å². The molecular formula is C21H26FN3OS. The van der Waals surface area contributed by atoms with Crippen molar-refractivity contribution in [1.82, 2.24) is 9.80 Å². The molecule has 1 aromatic carbocycles. The Labute approximate surface area is 164 Å². The minimum atomic E-state index is -0.181. The van der Waals surface area contributed by atoms with Crippen molar-refractivity contribution >= 4 is 22.9 Å². The van der Waals surface area contributed by atoms with Gasteiger partial charge in [-0.3, -0.25) is 9.69 Å². The van der Waals surface area contributed by atoms with E-state index in [1.165, 1.54) is 23.5 Å². The summed E-state index contributed by atoms with van der Waals surface area (Å²) in [6, 6.07) is 11.2. The molecule has 4 nitrogen and oxygen atoms in total. The quantitative estimate of drug-likeness (QED) is 0.803. The highest BCUT2D eigenvalue weighted by Crippen LogP contribution is 2.23. The highest BCUT2D eigenvalue weighted by Gasteiger charge is 2.28. The van der Waals surface area contributed by atoms with Crippen molar-refractivity contribution in [3.05, 3.63) is 52.5 Å². The molecule has 0 N–H and O–H groups in total. The van der Waals surface area contributed by atoms with E-state index in [2.05, 4.69) is 9.80 Å². The lowest BCUT2D eigenvalue weighted by atomic mass is 10.0. The van der Waals surface area contributed by atoms with E-state index in [0.29, 0.717) is 6.04 Å². The topological polar surface area (TPSA) is 26.8 Å². The lowest BCUT2D eigenvalue weighted by Crippen LogP contribution is -2.47. The van der Waals surface area contributed by atoms with Crippen molar-refractivity contribution < 1.29 is 9.18 Å². The monoisotopic (exact) mass is 387 g/mol. The molecule has 2 aliphatic rings. The lowest BCUT2D eigenvalue weighted by molar-refractivity contribution is 0.0631. The largest absolute Gasteiger partial charge is 0.370 e. The number of amides is 1. The third kappa shape index (κ3) is 4.33. The minimum absolute atomic E-state index is 0.181. The highest BCUT2D eigenvalue weighted by molar-refractivity contribution is 7.12. The summed E-state index contributed by atoms with van der Waals surface area (Å²) in [5.74, 6) is 0.000792. The Morgan fingerprint density at radius 3 is 2.44 bits per heavy atom. The molecule has 27 heavy (non-hydrogen) atoms. The van der Waals surface area contributed by atoms with Crippen LogP contribution in [0.4, 0.5) is 10.1 Å². The third-order valence-corrected chi connectivity index (χ3v) is 6.58. The summed E-state index contributed by atoms with van der Waals surface area (Å²) in [4.78, 5) is 20.3. The molecular weight excluding hydrogens is 361 g/mol. The Morgan fingerprint density at radius 1 is 0.963 bits per heavy atom. The van der Waals surface area contributed by atoms with Gasteiger partial charge in [-0.15, -0.1) is 11.3 Å². The maximum atomic E-state index is 13.2. The molecule has 2 fully saturated rings. The molecule has 0 bridgehead atoms. The smallest absolute Gasteiger partial charge is 0.263 e. The molecule has 2 aliphatic heterocycles. The average molecular weight is 388 g/mol. The van der Waals surface area contributed by atoms with Gasteiger partial charge in [0.1, 0.15) is 5.82 Å². The molecule has 0 spiro atoms. The van der Waals surface area contributed by atoms with Crippen LogP contribution in [0.3, 0.4) is 0 Å². The first-order valence-corrected chi connectivity index (χ1v) is 10.7. The van der Waals surface area contributed by atoms with Gasteiger partial charge in [-0.25, -0.2) is 4.39 Å². The Hall–Kier alpha value is -1.92. The number of carbonyl (C=O) groups is 1. The Balaban J connectivity index is 1.30. The van der Waals surface area contributed by atoms with Crippen LogP contribution in [0.25, 0.3) is 0 Å². The molecule has 0 atom stereocenters. The standard InChI is InChI=1S/C21H26FN3OS/c22-17-4-6-18(7-5-17)23-10-2-11-24(15-14-23)19-8-12-25(13-9-19)21(26)20-3-1-16-27-20/h1,3-7,16,19H,2,8-15H2. The molecule has 144 valence electrons. The van der Waals surface area contributed by atoms with Crippen LogP contribution < -0.4 is 4.90 Å². The molecule has 0 saturated carbocycles. The number of nitrogens with zero attached hydrogens (tertiary/aromatic N) is 3. The number of piperidine rings is 1. The first-order valence-electron chi connectivity index (χ1n) is 9.78. The molecule has 0 radical (unpaired) electrons. The SMILES string of the molecule is O=C(c1cccs1)N1CCC(N2CCCN(c3ccc(F)cc3)CC2)CC1. The number of hydrogen-bond acceptors (Lipinski definition) is 4. The van der Waals surface area contributed by atoms with E-state index in [1.54, 1.807) is 0 Å². The minimum Gasteiger partial charge on any atom is -0.370 e. The van der Waals surface area contributed by atoms with Crippen LogP contribution in [0, 0.1) is 5.82 Å². The summed E-state index contributed by atoms with van der Waals surface area (Å²) in [6.07, 6.45) is 3.22. The first kappa shape index (κ1) is 18.4. The number of likely N-dealkylation sites (tertiary alicyclic amines) is 1. The molecule has 1 aromatic heterocycles. The van der Waals surface area contributed by atoms with Crippen molar-refractivity contribution in [3.8, 4) is 0 Å². The third-order valence-electron chi connectivity index (χ3n) is 5.72.